The molecule has 4 N–H and O–H groups in total. The quantitative estimate of drug-likeness (QED) is 0.579. The van der Waals surface area contributed by atoms with Crippen LogP contribution < -0.4 is 5.73 Å². The van der Waals surface area contributed by atoms with Crippen molar-refractivity contribution in [3.63, 3.8) is 0 Å². The molecule has 0 saturated carbocycles. The highest BCUT2D eigenvalue weighted by atomic mass is 127. The molecule has 1 rings (SSSR count). The van der Waals surface area contributed by atoms with Crippen LogP contribution in [0.25, 0.3) is 0 Å². The topological polar surface area (TPSA) is 66.5 Å². The first kappa shape index (κ1) is 15.2. The first-order valence-electron chi connectivity index (χ1n) is 4.33. The van der Waals surface area contributed by atoms with Gasteiger partial charge in [-0.3, -0.25) is 0 Å². The van der Waals surface area contributed by atoms with Crippen molar-refractivity contribution < 1.29 is 23.4 Å². The average Bonchev–Trinajstić information content (AvgIpc) is 2.20. The lowest BCUT2D eigenvalue weighted by Gasteiger charge is -2.22. The predicted molar refractivity (Wildman–Crippen MR) is 72.5 cm³/mol. The highest BCUT2D eigenvalue weighted by Gasteiger charge is 2.43. The number of aliphatic hydroxyl groups excluding tert-OH is 1. The van der Waals surface area contributed by atoms with Gasteiger partial charge < -0.3 is 15.9 Å². The number of rotatable bonds is 2. The molecular weight excluding hydrogens is 465 g/mol. The van der Waals surface area contributed by atoms with Gasteiger partial charge in [0.1, 0.15) is 5.75 Å². The summed E-state index contributed by atoms with van der Waals surface area (Å²) in [6, 6.07) is 1.20. The molecular formula is C9H8F3I2NO2. The van der Waals surface area contributed by atoms with Gasteiger partial charge in [0, 0.05) is 9.13 Å². The van der Waals surface area contributed by atoms with E-state index in [1.54, 1.807) is 28.7 Å². The Balaban J connectivity index is 3.17. The maximum absolute atomic E-state index is 12.3. The third-order valence-electron chi connectivity index (χ3n) is 2.09. The molecule has 0 heterocycles. The lowest BCUT2D eigenvalue weighted by Crippen LogP contribution is -2.38. The predicted octanol–water partition coefficient (Wildman–Crippen LogP) is 2.52. The average molecular weight is 473 g/mol. The first-order valence-corrected chi connectivity index (χ1v) is 6.48. The van der Waals surface area contributed by atoms with Gasteiger partial charge in [0.05, 0.1) is 9.61 Å². The van der Waals surface area contributed by atoms with E-state index in [0.717, 1.165) is 0 Å². The lowest BCUT2D eigenvalue weighted by molar-refractivity contribution is -0.210. The second-order valence-electron chi connectivity index (χ2n) is 3.34. The Morgan fingerprint density at radius 3 is 2.24 bits per heavy atom. The SMILES string of the molecule is N[C@@H](c1cc(I)cc(I)c1O)[C@H](O)C(F)(F)F. The number of hydrogen-bond donors (Lipinski definition) is 3. The molecule has 0 bridgehead atoms. The van der Waals surface area contributed by atoms with Gasteiger partial charge in [-0.05, 0) is 57.3 Å². The summed E-state index contributed by atoms with van der Waals surface area (Å²) >= 11 is 3.67. The van der Waals surface area contributed by atoms with Gasteiger partial charge in [-0.15, -0.1) is 0 Å². The van der Waals surface area contributed by atoms with E-state index in [1.807, 2.05) is 22.6 Å². The van der Waals surface area contributed by atoms with Crippen LogP contribution in [0.2, 0.25) is 0 Å². The fourth-order valence-electron chi connectivity index (χ4n) is 1.21. The summed E-state index contributed by atoms with van der Waals surface area (Å²) in [6.45, 7) is 0. The van der Waals surface area contributed by atoms with Crippen LogP contribution in [0, 0.1) is 7.14 Å². The zero-order valence-corrected chi connectivity index (χ0v) is 12.5. The van der Waals surface area contributed by atoms with Gasteiger partial charge in [0.2, 0.25) is 0 Å². The molecule has 0 aliphatic rings. The van der Waals surface area contributed by atoms with Gasteiger partial charge in [0.25, 0.3) is 0 Å². The zero-order valence-electron chi connectivity index (χ0n) is 8.17. The molecule has 96 valence electrons. The van der Waals surface area contributed by atoms with E-state index in [9.17, 15) is 18.3 Å². The van der Waals surface area contributed by atoms with Crippen molar-refractivity contribution in [3.05, 3.63) is 24.8 Å². The zero-order chi connectivity index (χ0) is 13.4. The van der Waals surface area contributed by atoms with Crippen molar-refractivity contribution in [1.82, 2.24) is 0 Å². The number of alkyl halides is 3. The van der Waals surface area contributed by atoms with Gasteiger partial charge >= 0.3 is 6.18 Å². The van der Waals surface area contributed by atoms with E-state index in [-0.39, 0.29) is 11.3 Å². The Morgan fingerprint density at radius 1 is 1.24 bits per heavy atom. The van der Waals surface area contributed by atoms with Crippen LogP contribution in [0.15, 0.2) is 12.1 Å². The molecule has 0 fully saturated rings. The van der Waals surface area contributed by atoms with Crippen molar-refractivity contribution in [3.8, 4) is 5.75 Å². The summed E-state index contributed by atoms with van der Waals surface area (Å²) in [4.78, 5) is 0. The molecule has 3 nitrogen and oxygen atoms in total. The Labute approximate surface area is 122 Å². The maximum Gasteiger partial charge on any atom is 0.416 e. The molecule has 1 aromatic carbocycles. The lowest BCUT2D eigenvalue weighted by atomic mass is 10.0. The Bertz CT molecular complexity index is 425. The molecule has 8 heteroatoms. The number of benzene rings is 1. The third-order valence-corrected chi connectivity index (χ3v) is 3.54. The van der Waals surface area contributed by atoms with E-state index in [2.05, 4.69) is 0 Å². The minimum Gasteiger partial charge on any atom is -0.506 e. The highest BCUT2D eigenvalue weighted by Crippen LogP contribution is 2.35. The second kappa shape index (κ2) is 5.45. The number of aromatic hydroxyl groups is 1. The smallest absolute Gasteiger partial charge is 0.416 e. The molecule has 0 aliphatic carbocycles. The van der Waals surface area contributed by atoms with Crippen LogP contribution in [0.4, 0.5) is 13.2 Å². The summed E-state index contributed by atoms with van der Waals surface area (Å²) in [7, 11) is 0. The van der Waals surface area contributed by atoms with E-state index in [0.29, 0.717) is 7.14 Å². The summed E-state index contributed by atoms with van der Waals surface area (Å²) < 4.78 is 37.9. The standard InChI is InChI=1S/C9H8F3I2NO2/c10-9(11,12)8(17)6(15)4-1-3(13)2-5(14)7(4)16/h1-2,6,8,16-17H,15H2/t6-,8-/m0/s1. The summed E-state index contributed by atoms with van der Waals surface area (Å²) in [6.07, 6.45) is -7.53. The fraction of sp³-hybridized carbons (Fsp3) is 0.333. The van der Waals surface area contributed by atoms with Crippen LogP contribution in [0.1, 0.15) is 11.6 Å². The molecule has 0 radical (unpaired) electrons. The van der Waals surface area contributed by atoms with Crippen molar-refractivity contribution in [2.45, 2.75) is 18.3 Å². The largest absolute Gasteiger partial charge is 0.506 e. The van der Waals surface area contributed by atoms with Crippen molar-refractivity contribution >= 4 is 45.2 Å². The van der Waals surface area contributed by atoms with E-state index >= 15 is 0 Å². The van der Waals surface area contributed by atoms with Crippen LogP contribution in [-0.2, 0) is 0 Å². The fourth-order valence-corrected chi connectivity index (χ4v) is 3.10. The number of aliphatic hydroxyl groups is 1. The molecule has 0 aliphatic heterocycles. The molecule has 0 saturated heterocycles. The number of hydrogen-bond acceptors (Lipinski definition) is 3. The summed E-state index contributed by atoms with van der Waals surface area (Å²) in [5.41, 5.74) is 5.21. The van der Waals surface area contributed by atoms with Crippen molar-refractivity contribution in [2.24, 2.45) is 5.73 Å². The van der Waals surface area contributed by atoms with Gasteiger partial charge in [0.15, 0.2) is 6.10 Å². The molecule has 17 heavy (non-hydrogen) atoms. The molecule has 0 aromatic heterocycles. The van der Waals surface area contributed by atoms with E-state index in [4.69, 9.17) is 10.8 Å². The van der Waals surface area contributed by atoms with E-state index < -0.39 is 18.3 Å². The van der Waals surface area contributed by atoms with E-state index in [1.165, 1.54) is 6.07 Å². The van der Waals surface area contributed by atoms with Gasteiger partial charge in [-0.25, -0.2) is 0 Å². The van der Waals surface area contributed by atoms with Crippen LogP contribution in [-0.4, -0.2) is 22.5 Å². The minimum absolute atomic E-state index is 0.119. The second-order valence-corrected chi connectivity index (χ2v) is 5.75. The first-order chi connectivity index (χ1) is 7.64. The number of halogens is 5. The van der Waals surface area contributed by atoms with Crippen LogP contribution in [0.3, 0.4) is 0 Å². The molecule has 0 unspecified atom stereocenters. The number of phenolic OH excluding ortho intramolecular Hbond substituents is 1. The Hall–Kier alpha value is 0.190. The van der Waals surface area contributed by atoms with Gasteiger partial charge in [-0.1, -0.05) is 0 Å². The normalized spacial score (nSPS) is 15.7. The molecule has 0 amide bonds. The summed E-state index contributed by atoms with van der Waals surface area (Å²) in [5, 5.41) is 18.7. The molecule has 0 spiro atoms. The maximum atomic E-state index is 12.3. The molecule has 1 aromatic rings. The van der Waals surface area contributed by atoms with Gasteiger partial charge in [-0.2, -0.15) is 13.2 Å². The summed E-state index contributed by atoms with van der Waals surface area (Å²) in [5.74, 6) is -0.332. The van der Waals surface area contributed by atoms with Crippen molar-refractivity contribution in [2.75, 3.05) is 0 Å². The molecule has 2 atom stereocenters. The number of nitrogens with two attached hydrogens (primary N) is 1. The monoisotopic (exact) mass is 473 g/mol. The Kier molecular flexibility index (Phi) is 4.88. The Morgan fingerprint density at radius 2 is 1.76 bits per heavy atom. The third kappa shape index (κ3) is 3.58. The van der Waals surface area contributed by atoms with Crippen LogP contribution in [0.5, 0.6) is 5.75 Å². The van der Waals surface area contributed by atoms with Crippen LogP contribution >= 0.6 is 45.2 Å². The minimum atomic E-state index is -4.82. The van der Waals surface area contributed by atoms with Crippen molar-refractivity contribution in [1.29, 1.82) is 0 Å². The number of phenols is 1. The highest BCUT2D eigenvalue weighted by molar-refractivity contribution is 14.1.